The van der Waals surface area contributed by atoms with E-state index in [0.29, 0.717) is 17.4 Å². The Hall–Kier alpha value is -1.64. The number of hydrogen-bond acceptors (Lipinski definition) is 2. The lowest BCUT2D eigenvalue weighted by molar-refractivity contribution is -0.0577. The average molecular weight is 417 g/mol. The van der Waals surface area contributed by atoms with Gasteiger partial charge in [-0.15, -0.1) is 0 Å². The van der Waals surface area contributed by atoms with Gasteiger partial charge >= 0.3 is 0 Å². The van der Waals surface area contributed by atoms with Crippen LogP contribution in [-0.2, 0) is 6.42 Å². The third-order valence-corrected chi connectivity index (χ3v) is 8.57. The topological polar surface area (TPSA) is 15.3 Å². The molecule has 2 aliphatic heterocycles. The molecule has 3 aliphatic rings. The van der Waals surface area contributed by atoms with Crippen LogP contribution in [0.2, 0.25) is 0 Å². The number of rotatable bonds is 5. The van der Waals surface area contributed by atoms with Crippen molar-refractivity contribution in [3.8, 4) is 0 Å². The van der Waals surface area contributed by atoms with E-state index in [9.17, 15) is 0 Å². The van der Waals surface area contributed by atoms with Crippen LogP contribution in [0.5, 0.6) is 0 Å². The van der Waals surface area contributed by atoms with Crippen molar-refractivity contribution in [2.24, 2.45) is 11.3 Å². The lowest BCUT2D eigenvalue weighted by atomic mass is 9.59. The van der Waals surface area contributed by atoms with Crippen molar-refractivity contribution in [1.29, 1.82) is 0 Å². The van der Waals surface area contributed by atoms with Crippen molar-refractivity contribution in [2.75, 3.05) is 19.6 Å². The first-order valence-corrected chi connectivity index (χ1v) is 12.7. The van der Waals surface area contributed by atoms with Crippen LogP contribution in [0.25, 0.3) is 0 Å². The fourth-order valence-corrected chi connectivity index (χ4v) is 6.81. The highest BCUT2D eigenvalue weighted by Crippen LogP contribution is 2.53. The van der Waals surface area contributed by atoms with E-state index in [4.69, 9.17) is 0 Å². The van der Waals surface area contributed by atoms with Gasteiger partial charge in [-0.25, -0.2) is 0 Å². The Morgan fingerprint density at radius 2 is 1.68 bits per heavy atom. The lowest BCUT2D eigenvalue weighted by Crippen LogP contribution is -2.56. The quantitative estimate of drug-likeness (QED) is 0.612. The van der Waals surface area contributed by atoms with Crippen molar-refractivity contribution in [3.63, 3.8) is 0 Å². The zero-order valence-corrected chi connectivity index (χ0v) is 19.5. The highest BCUT2D eigenvalue weighted by molar-refractivity contribution is 5.33. The van der Waals surface area contributed by atoms with Gasteiger partial charge in [-0.2, -0.15) is 0 Å². The van der Waals surface area contributed by atoms with Crippen molar-refractivity contribution in [3.05, 3.63) is 71.3 Å². The van der Waals surface area contributed by atoms with Crippen LogP contribution in [0.1, 0.15) is 81.0 Å². The molecule has 166 valence electrons. The Balaban J connectivity index is 1.37. The van der Waals surface area contributed by atoms with Gasteiger partial charge < -0.3 is 5.32 Å². The minimum atomic E-state index is 0.588. The molecule has 3 fully saturated rings. The summed E-state index contributed by atoms with van der Waals surface area (Å²) in [5.41, 5.74) is 5.34. The van der Waals surface area contributed by atoms with E-state index in [2.05, 4.69) is 78.7 Å². The third kappa shape index (κ3) is 4.47. The Morgan fingerprint density at radius 1 is 0.968 bits per heavy atom. The van der Waals surface area contributed by atoms with E-state index < -0.39 is 0 Å². The predicted octanol–water partition coefficient (Wildman–Crippen LogP) is 6.34. The monoisotopic (exact) mass is 416 g/mol. The molecule has 2 heteroatoms. The molecule has 1 saturated carbocycles. The minimum Gasteiger partial charge on any atom is -0.317 e. The van der Waals surface area contributed by atoms with Gasteiger partial charge in [0.25, 0.3) is 0 Å². The second-order valence-corrected chi connectivity index (χ2v) is 10.9. The molecule has 1 spiro atoms. The van der Waals surface area contributed by atoms with Gasteiger partial charge in [-0.3, -0.25) is 4.90 Å². The zero-order valence-electron chi connectivity index (χ0n) is 19.5. The summed E-state index contributed by atoms with van der Waals surface area (Å²) in [4.78, 5) is 2.94. The van der Waals surface area contributed by atoms with E-state index in [-0.39, 0.29) is 0 Å². The smallest absolute Gasteiger partial charge is 0.0356 e. The molecule has 2 atom stereocenters. The molecule has 1 N–H and O–H groups in total. The summed E-state index contributed by atoms with van der Waals surface area (Å²) >= 11 is 0. The molecule has 2 unspecified atom stereocenters. The first-order chi connectivity index (χ1) is 15.1. The van der Waals surface area contributed by atoms with Crippen LogP contribution in [0.15, 0.2) is 54.6 Å². The number of piperidine rings is 2. The summed E-state index contributed by atoms with van der Waals surface area (Å²) in [5.74, 6) is 1.38. The average Bonchev–Trinajstić information content (AvgIpc) is 2.79. The summed E-state index contributed by atoms with van der Waals surface area (Å²) in [6, 6.07) is 21.9. The van der Waals surface area contributed by atoms with Gasteiger partial charge in [0, 0.05) is 12.1 Å². The summed E-state index contributed by atoms with van der Waals surface area (Å²) in [6.45, 7) is 8.45. The van der Waals surface area contributed by atoms with Crippen molar-refractivity contribution >= 4 is 0 Å². The van der Waals surface area contributed by atoms with E-state index >= 15 is 0 Å². The van der Waals surface area contributed by atoms with Crippen LogP contribution in [0.3, 0.4) is 0 Å². The van der Waals surface area contributed by atoms with Crippen molar-refractivity contribution < 1.29 is 0 Å². The number of benzene rings is 2. The fraction of sp³-hybridized carbons (Fsp3) is 0.586. The van der Waals surface area contributed by atoms with E-state index in [1.165, 1.54) is 70.1 Å². The molecular formula is C29H40N2. The maximum Gasteiger partial charge on any atom is 0.0356 e. The highest BCUT2D eigenvalue weighted by atomic mass is 15.2. The largest absolute Gasteiger partial charge is 0.317 e. The Labute approximate surface area is 189 Å². The maximum absolute atomic E-state index is 3.57. The molecule has 2 aromatic carbocycles. The minimum absolute atomic E-state index is 0.588. The van der Waals surface area contributed by atoms with Crippen molar-refractivity contribution in [2.45, 2.75) is 76.8 Å². The Morgan fingerprint density at radius 3 is 2.42 bits per heavy atom. The second kappa shape index (κ2) is 9.08. The van der Waals surface area contributed by atoms with E-state index in [0.717, 1.165) is 12.0 Å². The predicted molar refractivity (Wildman–Crippen MR) is 130 cm³/mol. The zero-order chi connectivity index (χ0) is 21.3. The van der Waals surface area contributed by atoms with Crippen LogP contribution in [0, 0.1) is 11.3 Å². The Kier molecular flexibility index (Phi) is 6.21. The van der Waals surface area contributed by atoms with Gasteiger partial charge in [-0.1, -0.05) is 68.4 Å². The third-order valence-electron chi connectivity index (χ3n) is 8.57. The molecule has 2 saturated heterocycles. The summed E-state index contributed by atoms with van der Waals surface area (Å²) in [6.07, 6.45) is 9.53. The molecule has 2 heterocycles. The standard InChI is InChI=1S/C29H40N2/c1-22(2)26-10-6-7-11-27(26)28-19-24(18-23-8-4-3-5-9-23)12-17-31(28)25-20-29(21-25)13-15-30-16-14-29/h3-11,22,24-25,28,30H,12-21H2,1-2H3. The first-order valence-electron chi connectivity index (χ1n) is 12.7. The lowest BCUT2D eigenvalue weighted by Gasteiger charge is -2.57. The highest BCUT2D eigenvalue weighted by Gasteiger charge is 2.49. The first kappa shape index (κ1) is 21.2. The van der Waals surface area contributed by atoms with Gasteiger partial charge in [0.05, 0.1) is 0 Å². The number of nitrogens with zero attached hydrogens (tertiary/aromatic N) is 1. The fourth-order valence-electron chi connectivity index (χ4n) is 6.81. The van der Waals surface area contributed by atoms with E-state index in [1.54, 1.807) is 11.1 Å². The molecular weight excluding hydrogens is 376 g/mol. The van der Waals surface area contributed by atoms with Gasteiger partial charge in [0.1, 0.15) is 0 Å². The molecule has 0 radical (unpaired) electrons. The molecule has 2 nitrogen and oxygen atoms in total. The second-order valence-electron chi connectivity index (χ2n) is 10.9. The molecule has 5 rings (SSSR count). The molecule has 2 aromatic rings. The molecule has 31 heavy (non-hydrogen) atoms. The molecule has 0 amide bonds. The molecule has 0 bridgehead atoms. The van der Waals surface area contributed by atoms with Crippen LogP contribution in [0.4, 0.5) is 0 Å². The molecule has 1 aliphatic carbocycles. The van der Waals surface area contributed by atoms with Gasteiger partial charge in [0.2, 0.25) is 0 Å². The number of likely N-dealkylation sites (tertiary alicyclic amines) is 1. The van der Waals surface area contributed by atoms with Crippen molar-refractivity contribution in [1.82, 2.24) is 10.2 Å². The normalized spacial score (nSPS) is 26.8. The van der Waals surface area contributed by atoms with Crippen LogP contribution >= 0.6 is 0 Å². The molecule has 0 aromatic heterocycles. The Bertz CT molecular complexity index is 844. The van der Waals surface area contributed by atoms with Gasteiger partial charge in [0.15, 0.2) is 0 Å². The SMILES string of the molecule is CC(C)c1ccccc1C1CC(Cc2ccccc2)CCN1C1CC2(CCNCC2)C1. The summed E-state index contributed by atoms with van der Waals surface area (Å²) in [5, 5.41) is 3.57. The number of hydrogen-bond donors (Lipinski definition) is 1. The maximum atomic E-state index is 3.57. The number of nitrogens with one attached hydrogen (secondary N) is 1. The van der Waals surface area contributed by atoms with Crippen LogP contribution in [-0.4, -0.2) is 30.6 Å². The van der Waals surface area contributed by atoms with Crippen LogP contribution < -0.4 is 5.32 Å². The summed E-state index contributed by atoms with van der Waals surface area (Å²) in [7, 11) is 0. The van der Waals surface area contributed by atoms with Gasteiger partial charge in [-0.05, 0) is 98.5 Å². The summed E-state index contributed by atoms with van der Waals surface area (Å²) < 4.78 is 0. The van der Waals surface area contributed by atoms with E-state index in [1.807, 2.05) is 0 Å².